The molecule has 1 unspecified atom stereocenters. The molecule has 1 aromatic rings. The van der Waals surface area contributed by atoms with Gasteiger partial charge in [0.15, 0.2) is 0 Å². The second kappa shape index (κ2) is 3.89. The first-order valence-corrected chi connectivity index (χ1v) is 6.37. The lowest BCUT2D eigenvalue weighted by atomic mass is 9.91. The Morgan fingerprint density at radius 1 is 1.33 bits per heavy atom. The van der Waals surface area contributed by atoms with Crippen LogP contribution in [0.25, 0.3) is 0 Å². The fraction of sp³-hybridized carbons (Fsp3) is 0.500. The van der Waals surface area contributed by atoms with Gasteiger partial charge in [0.2, 0.25) is 0 Å². The van der Waals surface area contributed by atoms with Gasteiger partial charge in [-0.2, -0.15) is 0 Å². The van der Waals surface area contributed by atoms with Crippen LogP contribution in [0.1, 0.15) is 17.2 Å². The van der Waals surface area contributed by atoms with Crippen molar-refractivity contribution >= 4 is 15.9 Å². The van der Waals surface area contributed by atoms with Gasteiger partial charge in [0.1, 0.15) is 0 Å². The summed E-state index contributed by atoms with van der Waals surface area (Å²) in [6.45, 7) is 4.64. The van der Waals surface area contributed by atoms with Gasteiger partial charge in [0.25, 0.3) is 0 Å². The van der Waals surface area contributed by atoms with Crippen LogP contribution in [-0.4, -0.2) is 31.1 Å². The average molecular weight is 267 g/mol. The van der Waals surface area contributed by atoms with E-state index in [1.54, 1.807) is 0 Å². The first kappa shape index (κ1) is 9.82. The van der Waals surface area contributed by atoms with E-state index in [-0.39, 0.29) is 0 Å². The monoisotopic (exact) mass is 266 g/mol. The van der Waals surface area contributed by atoms with E-state index in [2.05, 4.69) is 44.3 Å². The average Bonchev–Trinajstić information content (AvgIpc) is 2.29. The minimum atomic E-state index is 0.597. The molecule has 0 aromatic heterocycles. The van der Waals surface area contributed by atoms with Crippen molar-refractivity contribution in [3.05, 3.63) is 33.8 Å². The number of benzene rings is 1. The van der Waals surface area contributed by atoms with Gasteiger partial charge in [-0.05, 0) is 23.6 Å². The number of nitrogens with zero attached hydrogens (tertiary/aromatic N) is 1. The molecule has 2 aliphatic rings. The van der Waals surface area contributed by atoms with Gasteiger partial charge in [0, 0.05) is 36.7 Å². The first-order chi connectivity index (χ1) is 7.36. The lowest BCUT2D eigenvalue weighted by molar-refractivity contribution is 0.151. The van der Waals surface area contributed by atoms with E-state index in [1.165, 1.54) is 35.1 Å². The van der Waals surface area contributed by atoms with Crippen LogP contribution in [0.3, 0.4) is 0 Å². The maximum absolute atomic E-state index is 3.66. The van der Waals surface area contributed by atoms with E-state index < -0.39 is 0 Å². The zero-order valence-corrected chi connectivity index (χ0v) is 10.3. The third-order valence-electron chi connectivity index (χ3n) is 3.52. The van der Waals surface area contributed by atoms with Gasteiger partial charge in [-0.1, -0.05) is 28.1 Å². The molecule has 2 aliphatic heterocycles. The Bertz CT molecular complexity index is 378. The van der Waals surface area contributed by atoms with E-state index in [1.807, 2.05) is 0 Å². The topological polar surface area (TPSA) is 15.3 Å². The van der Waals surface area contributed by atoms with E-state index in [0.29, 0.717) is 6.04 Å². The molecule has 0 radical (unpaired) electrons. The number of piperazine rings is 1. The van der Waals surface area contributed by atoms with Crippen LogP contribution in [0.5, 0.6) is 0 Å². The van der Waals surface area contributed by atoms with Crippen molar-refractivity contribution in [3.8, 4) is 0 Å². The predicted octanol–water partition coefficient (Wildman–Crippen LogP) is 1.95. The van der Waals surface area contributed by atoms with Crippen LogP contribution >= 0.6 is 15.9 Å². The summed E-state index contributed by atoms with van der Waals surface area (Å²) in [6.07, 6.45) is 1.19. The van der Waals surface area contributed by atoms with Crippen LogP contribution in [0.4, 0.5) is 0 Å². The zero-order chi connectivity index (χ0) is 10.3. The molecule has 80 valence electrons. The highest BCUT2D eigenvalue weighted by Crippen LogP contribution is 2.34. The van der Waals surface area contributed by atoms with Crippen molar-refractivity contribution in [1.29, 1.82) is 0 Å². The first-order valence-electron chi connectivity index (χ1n) is 5.58. The number of fused-ring (bicyclic) bond motifs is 3. The largest absolute Gasteiger partial charge is 0.314 e. The second-order valence-corrected chi connectivity index (χ2v) is 5.17. The highest BCUT2D eigenvalue weighted by atomic mass is 79.9. The Labute approximate surface area is 98.8 Å². The van der Waals surface area contributed by atoms with Crippen molar-refractivity contribution in [2.45, 2.75) is 12.5 Å². The maximum atomic E-state index is 3.66. The molecule has 3 rings (SSSR count). The molecule has 0 amide bonds. The molecule has 1 saturated heterocycles. The zero-order valence-electron chi connectivity index (χ0n) is 8.67. The normalized spacial score (nSPS) is 25.8. The third kappa shape index (κ3) is 1.63. The molecule has 2 nitrogen and oxygen atoms in total. The van der Waals surface area contributed by atoms with Crippen LogP contribution in [0.2, 0.25) is 0 Å². The lowest BCUT2D eigenvalue weighted by Crippen LogP contribution is -2.48. The van der Waals surface area contributed by atoms with Crippen molar-refractivity contribution in [2.24, 2.45) is 0 Å². The molecule has 0 spiro atoms. The minimum Gasteiger partial charge on any atom is -0.314 e. The van der Waals surface area contributed by atoms with Crippen molar-refractivity contribution in [1.82, 2.24) is 10.2 Å². The van der Waals surface area contributed by atoms with Gasteiger partial charge >= 0.3 is 0 Å². The fourth-order valence-electron chi connectivity index (χ4n) is 2.73. The Kier molecular flexibility index (Phi) is 2.54. The van der Waals surface area contributed by atoms with E-state index >= 15 is 0 Å². The number of halogens is 1. The standard InChI is InChI=1S/C12H15BrN2/c13-11-3-1-2-10-9(11)4-6-15-7-5-14-8-12(10)15/h1-3,12,14H,4-8H2. The number of nitrogens with one attached hydrogen (secondary N) is 1. The molecular formula is C12H15BrN2. The van der Waals surface area contributed by atoms with Gasteiger partial charge in [-0.3, -0.25) is 4.90 Å². The highest BCUT2D eigenvalue weighted by molar-refractivity contribution is 9.10. The molecule has 0 aliphatic carbocycles. The second-order valence-electron chi connectivity index (χ2n) is 4.31. The van der Waals surface area contributed by atoms with Gasteiger partial charge in [-0.15, -0.1) is 0 Å². The SMILES string of the molecule is Brc1cccc2c1CCN1CCNCC21. The van der Waals surface area contributed by atoms with Crippen LogP contribution in [0.15, 0.2) is 22.7 Å². The van der Waals surface area contributed by atoms with Crippen molar-refractivity contribution in [3.63, 3.8) is 0 Å². The lowest BCUT2D eigenvalue weighted by Gasteiger charge is -2.41. The summed E-state index contributed by atoms with van der Waals surface area (Å²) in [5.41, 5.74) is 3.03. The summed E-state index contributed by atoms with van der Waals surface area (Å²) >= 11 is 3.66. The summed E-state index contributed by atoms with van der Waals surface area (Å²) < 4.78 is 1.28. The summed E-state index contributed by atoms with van der Waals surface area (Å²) in [6, 6.07) is 7.19. The summed E-state index contributed by atoms with van der Waals surface area (Å²) in [5, 5.41) is 3.49. The Hall–Kier alpha value is -0.380. The number of rotatable bonds is 0. The molecule has 15 heavy (non-hydrogen) atoms. The molecule has 3 heteroatoms. The van der Waals surface area contributed by atoms with Gasteiger partial charge < -0.3 is 5.32 Å². The quantitative estimate of drug-likeness (QED) is 0.773. The molecule has 1 aromatic carbocycles. The Balaban J connectivity index is 2.03. The highest BCUT2D eigenvalue weighted by Gasteiger charge is 2.29. The molecule has 1 N–H and O–H groups in total. The number of hydrogen-bond donors (Lipinski definition) is 1. The molecule has 0 bridgehead atoms. The predicted molar refractivity (Wildman–Crippen MR) is 65.0 cm³/mol. The van der Waals surface area contributed by atoms with Crippen LogP contribution in [0, 0.1) is 0 Å². The molecule has 0 saturated carbocycles. The summed E-state index contributed by atoms with van der Waals surface area (Å²) in [7, 11) is 0. The Morgan fingerprint density at radius 3 is 3.20 bits per heavy atom. The summed E-state index contributed by atoms with van der Waals surface area (Å²) in [5.74, 6) is 0. The van der Waals surface area contributed by atoms with E-state index in [9.17, 15) is 0 Å². The van der Waals surface area contributed by atoms with Gasteiger partial charge in [0.05, 0.1) is 0 Å². The fourth-order valence-corrected chi connectivity index (χ4v) is 3.31. The molecule has 1 atom stereocenters. The third-order valence-corrected chi connectivity index (χ3v) is 4.26. The number of hydrogen-bond acceptors (Lipinski definition) is 2. The van der Waals surface area contributed by atoms with Crippen LogP contribution < -0.4 is 5.32 Å². The Morgan fingerprint density at radius 2 is 2.27 bits per heavy atom. The molecule has 2 heterocycles. The molecular weight excluding hydrogens is 252 g/mol. The van der Waals surface area contributed by atoms with Crippen molar-refractivity contribution < 1.29 is 0 Å². The minimum absolute atomic E-state index is 0.597. The maximum Gasteiger partial charge on any atom is 0.0476 e. The van der Waals surface area contributed by atoms with E-state index in [0.717, 1.165) is 13.1 Å². The smallest absolute Gasteiger partial charge is 0.0476 e. The van der Waals surface area contributed by atoms with Crippen molar-refractivity contribution in [2.75, 3.05) is 26.2 Å². The van der Waals surface area contributed by atoms with E-state index in [4.69, 9.17) is 0 Å². The summed E-state index contributed by atoms with van der Waals surface area (Å²) in [4.78, 5) is 2.60. The van der Waals surface area contributed by atoms with Gasteiger partial charge in [-0.25, -0.2) is 0 Å². The molecule has 1 fully saturated rings. The van der Waals surface area contributed by atoms with Crippen LogP contribution in [-0.2, 0) is 6.42 Å².